The third-order valence-corrected chi connectivity index (χ3v) is 5.44. The number of unbranched alkanes of at least 4 members (excludes halogenated alkanes) is 1. The van der Waals surface area contributed by atoms with Crippen molar-refractivity contribution in [3.05, 3.63) is 48.5 Å². The average Bonchev–Trinajstić information content (AvgIpc) is 3.35. The summed E-state index contributed by atoms with van der Waals surface area (Å²) in [7, 11) is 0. The Bertz CT molecular complexity index is 1030. The van der Waals surface area contributed by atoms with Crippen molar-refractivity contribution in [2.45, 2.75) is 19.4 Å². The van der Waals surface area contributed by atoms with Crippen molar-refractivity contribution in [3.8, 4) is 0 Å². The second-order valence-corrected chi connectivity index (χ2v) is 7.32. The minimum Gasteiger partial charge on any atom is -0.354 e. The highest BCUT2D eigenvalue weighted by Gasteiger charge is 2.21. The normalized spacial score (nSPS) is 15.6. The number of para-hydroxylation sites is 1. The molecule has 1 aliphatic heterocycles. The van der Waals surface area contributed by atoms with Gasteiger partial charge in [-0.25, -0.2) is 0 Å². The first-order valence-electron chi connectivity index (χ1n) is 9.98. The van der Waals surface area contributed by atoms with Gasteiger partial charge in [0.15, 0.2) is 11.4 Å². The number of nitrogens with zero attached hydrogens (tertiary/aromatic N) is 6. The quantitative estimate of drug-likeness (QED) is 0.482. The number of benzene rings is 2. The van der Waals surface area contributed by atoms with Crippen LogP contribution in [0.3, 0.4) is 0 Å². The van der Waals surface area contributed by atoms with Gasteiger partial charge in [-0.05, 0) is 43.7 Å². The highest BCUT2D eigenvalue weighted by molar-refractivity contribution is 5.88. The third kappa shape index (κ3) is 3.45. The molecule has 1 aliphatic rings. The lowest BCUT2D eigenvalue weighted by Gasteiger charge is -2.34. The van der Waals surface area contributed by atoms with Gasteiger partial charge in [-0.2, -0.15) is 15.0 Å². The fraction of sp³-hybridized carbons (Fsp3) is 0.381. The maximum Gasteiger partial charge on any atom is 0.180 e. The lowest BCUT2D eigenvalue weighted by atomic mass is 10.2. The van der Waals surface area contributed by atoms with Crippen LogP contribution < -0.4 is 4.90 Å². The lowest BCUT2D eigenvalue weighted by Crippen LogP contribution is -2.46. The zero-order valence-corrected chi connectivity index (χ0v) is 15.9. The van der Waals surface area contributed by atoms with Crippen LogP contribution in [0.1, 0.15) is 12.8 Å². The van der Waals surface area contributed by atoms with E-state index in [4.69, 9.17) is 4.52 Å². The molecule has 2 aromatic carbocycles. The molecular weight excluding hydrogens is 352 g/mol. The molecule has 0 saturated carbocycles. The molecule has 144 valence electrons. The van der Waals surface area contributed by atoms with Crippen LogP contribution in [0.2, 0.25) is 0 Å². The van der Waals surface area contributed by atoms with Crippen LogP contribution in [-0.2, 0) is 6.54 Å². The van der Waals surface area contributed by atoms with E-state index in [1.54, 1.807) is 0 Å². The van der Waals surface area contributed by atoms with Gasteiger partial charge in [-0.1, -0.05) is 29.4 Å². The van der Waals surface area contributed by atoms with Gasteiger partial charge in [0.05, 0.1) is 11.9 Å². The summed E-state index contributed by atoms with van der Waals surface area (Å²) in [5.41, 5.74) is 2.80. The summed E-state index contributed by atoms with van der Waals surface area (Å²) in [5, 5.41) is 14.5. The molecule has 0 spiro atoms. The Morgan fingerprint density at radius 3 is 2.25 bits per heavy atom. The molecule has 1 saturated heterocycles. The molecule has 0 N–H and O–H groups in total. The molecule has 0 radical (unpaired) electrons. The van der Waals surface area contributed by atoms with Gasteiger partial charge in [0.2, 0.25) is 0 Å². The van der Waals surface area contributed by atoms with Gasteiger partial charge in [0.25, 0.3) is 0 Å². The highest BCUT2D eigenvalue weighted by atomic mass is 16.5. The number of fused-ring (bicyclic) bond motifs is 2. The molecule has 3 heterocycles. The maximum atomic E-state index is 5.45. The maximum absolute atomic E-state index is 5.45. The van der Waals surface area contributed by atoms with E-state index >= 15 is 0 Å². The smallest absolute Gasteiger partial charge is 0.180 e. The average molecular weight is 376 g/mol. The van der Waals surface area contributed by atoms with Crippen molar-refractivity contribution in [3.63, 3.8) is 0 Å². The molecular formula is C21H24N6O. The van der Waals surface area contributed by atoms with E-state index in [2.05, 4.69) is 31.2 Å². The van der Waals surface area contributed by atoms with Crippen LogP contribution in [0.5, 0.6) is 0 Å². The summed E-state index contributed by atoms with van der Waals surface area (Å²) in [6, 6.07) is 16.1. The predicted molar refractivity (Wildman–Crippen MR) is 109 cm³/mol. The molecule has 0 unspecified atom stereocenters. The molecule has 7 nitrogen and oxygen atoms in total. The summed E-state index contributed by atoms with van der Waals surface area (Å²) < 4.78 is 5.45. The molecule has 28 heavy (non-hydrogen) atoms. The van der Waals surface area contributed by atoms with E-state index in [0.29, 0.717) is 0 Å². The highest BCUT2D eigenvalue weighted by Crippen LogP contribution is 2.26. The van der Waals surface area contributed by atoms with E-state index in [1.807, 2.05) is 47.3 Å². The van der Waals surface area contributed by atoms with Gasteiger partial charge >= 0.3 is 0 Å². The van der Waals surface area contributed by atoms with E-state index in [0.717, 1.165) is 79.9 Å². The van der Waals surface area contributed by atoms with Gasteiger partial charge in [-0.3, -0.25) is 4.90 Å². The molecule has 7 heteroatoms. The van der Waals surface area contributed by atoms with Crippen LogP contribution in [0, 0.1) is 0 Å². The van der Waals surface area contributed by atoms with Crippen LogP contribution in [0.25, 0.3) is 22.0 Å². The zero-order chi connectivity index (χ0) is 18.8. The summed E-state index contributed by atoms with van der Waals surface area (Å²) in [6.45, 7) is 6.09. The van der Waals surface area contributed by atoms with E-state index in [-0.39, 0.29) is 0 Å². The van der Waals surface area contributed by atoms with Gasteiger partial charge in [0, 0.05) is 26.2 Å². The van der Waals surface area contributed by atoms with E-state index in [9.17, 15) is 0 Å². The number of aryl methyl sites for hydroxylation is 1. The summed E-state index contributed by atoms with van der Waals surface area (Å²) in [6.07, 6.45) is 2.25. The second kappa shape index (κ2) is 7.59. The number of piperazine rings is 1. The Labute approximate surface area is 163 Å². The predicted octanol–water partition coefficient (Wildman–Crippen LogP) is 3.17. The Morgan fingerprint density at radius 2 is 1.46 bits per heavy atom. The standard InChI is InChI=1S/C21H24N6O/c1-4-10-20-17(7-1)21(24-28-20)26-15-13-25(14-16-26)11-5-6-12-27-22-18-8-2-3-9-19(18)23-27/h1-4,7-10H,5-6,11-16H2. The number of hydrogen-bond acceptors (Lipinski definition) is 6. The molecule has 2 aromatic heterocycles. The molecule has 0 amide bonds. The van der Waals surface area contributed by atoms with Crippen LogP contribution in [-0.4, -0.2) is 57.8 Å². The van der Waals surface area contributed by atoms with E-state index < -0.39 is 0 Å². The van der Waals surface area contributed by atoms with Crippen molar-refractivity contribution in [2.24, 2.45) is 0 Å². The molecule has 5 rings (SSSR count). The first-order valence-corrected chi connectivity index (χ1v) is 9.98. The minimum atomic E-state index is 0.861. The molecule has 0 atom stereocenters. The van der Waals surface area contributed by atoms with Crippen molar-refractivity contribution < 1.29 is 4.52 Å². The number of hydrogen-bond donors (Lipinski definition) is 0. The Balaban J connectivity index is 1.09. The molecule has 4 aromatic rings. The van der Waals surface area contributed by atoms with Crippen molar-refractivity contribution in [1.29, 1.82) is 0 Å². The van der Waals surface area contributed by atoms with Crippen molar-refractivity contribution in [1.82, 2.24) is 25.1 Å². The second-order valence-electron chi connectivity index (χ2n) is 7.32. The van der Waals surface area contributed by atoms with Gasteiger partial charge in [0.1, 0.15) is 11.0 Å². The van der Waals surface area contributed by atoms with Gasteiger partial charge in [-0.15, -0.1) is 0 Å². The Hall–Kier alpha value is -2.93. The topological polar surface area (TPSA) is 63.2 Å². The fourth-order valence-corrected chi connectivity index (χ4v) is 3.88. The largest absolute Gasteiger partial charge is 0.354 e. The molecule has 1 fully saturated rings. The molecule has 0 aliphatic carbocycles. The lowest BCUT2D eigenvalue weighted by molar-refractivity contribution is 0.249. The third-order valence-electron chi connectivity index (χ3n) is 5.44. The first-order chi connectivity index (χ1) is 13.9. The minimum absolute atomic E-state index is 0.861. The van der Waals surface area contributed by atoms with Crippen LogP contribution >= 0.6 is 0 Å². The van der Waals surface area contributed by atoms with Crippen molar-refractivity contribution >= 4 is 27.8 Å². The van der Waals surface area contributed by atoms with Crippen LogP contribution in [0.15, 0.2) is 53.1 Å². The van der Waals surface area contributed by atoms with Crippen molar-refractivity contribution in [2.75, 3.05) is 37.6 Å². The fourth-order valence-electron chi connectivity index (χ4n) is 3.88. The number of rotatable bonds is 6. The van der Waals surface area contributed by atoms with Gasteiger partial charge < -0.3 is 9.42 Å². The van der Waals surface area contributed by atoms with Crippen LogP contribution in [0.4, 0.5) is 5.82 Å². The SMILES string of the molecule is c1ccc2nn(CCCCN3CCN(c4noc5ccccc45)CC3)nc2c1. The Morgan fingerprint density at radius 1 is 0.786 bits per heavy atom. The monoisotopic (exact) mass is 376 g/mol. The first kappa shape index (κ1) is 17.2. The Kier molecular flexibility index (Phi) is 4.66. The zero-order valence-electron chi connectivity index (χ0n) is 15.9. The number of anilines is 1. The summed E-state index contributed by atoms with van der Waals surface area (Å²) in [5.74, 6) is 0.979. The molecule has 0 bridgehead atoms. The number of aromatic nitrogens is 4. The van der Waals surface area contributed by atoms with E-state index in [1.165, 1.54) is 0 Å². The summed E-state index contributed by atoms with van der Waals surface area (Å²) >= 11 is 0. The summed E-state index contributed by atoms with van der Waals surface area (Å²) in [4.78, 5) is 6.70.